The van der Waals surface area contributed by atoms with Gasteiger partial charge in [0, 0.05) is 37.2 Å². The van der Waals surface area contributed by atoms with Crippen LogP contribution in [0, 0.1) is 5.92 Å². The number of carbonyl (C=O) groups excluding carboxylic acids is 2. The van der Waals surface area contributed by atoms with Gasteiger partial charge in [0.25, 0.3) is 0 Å². The molecule has 3 heterocycles. The zero-order valence-electron chi connectivity index (χ0n) is 15.2. The Kier molecular flexibility index (Phi) is 6.50. The quantitative estimate of drug-likeness (QED) is 0.801. The molecule has 2 amide bonds. The minimum absolute atomic E-state index is 0. The Morgan fingerprint density at radius 2 is 2.15 bits per heavy atom. The van der Waals surface area contributed by atoms with Crippen LogP contribution in [0.4, 0.5) is 0 Å². The molecule has 1 N–H and O–H groups in total. The maximum Gasteiger partial charge on any atom is 0.236 e. The summed E-state index contributed by atoms with van der Waals surface area (Å²) in [6, 6.07) is 5.69. The normalized spacial score (nSPS) is 25.3. The number of benzene rings is 1. The van der Waals surface area contributed by atoms with E-state index in [2.05, 4.69) is 5.32 Å². The van der Waals surface area contributed by atoms with E-state index in [1.54, 1.807) is 0 Å². The van der Waals surface area contributed by atoms with Crippen molar-refractivity contribution in [3.8, 4) is 5.75 Å². The number of carbonyl (C=O) groups is 2. The number of piperidine rings is 1. The highest BCUT2D eigenvalue weighted by atomic mass is 35.5. The van der Waals surface area contributed by atoms with Crippen LogP contribution in [0.3, 0.4) is 0 Å². The Labute approximate surface area is 170 Å². The molecule has 4 rings (SSSR count). The van der Waals surface area contributed by atoms with Crippen molar-refractivity contribution < 1.29 is 14.3 Å². The molecule has 0 bridgehead atoms. The van der Waals surface area contributed by atoms with Crippen molar-refractivity contribution >= 4 is 35.8 Å². The van der Waals surface area contributed by atoms with Gasteiger partial charge in [-0.15, -0.1) is 12.4 Å². The van der Waals surface area contributed by atoms with Gasteiger partial charge in [-0.1, -0.05) is 11.6 Å². The fourth-order valence-electron chi connectivity index (χ4n) is 4.20. The molecule has 2 unspecified atom stereocenters. The molecule has 0 spiro atoms. The summed E-state index contributed by atoms with van der Waals surface area (Å²) >= 11 is 6.08. The third-order valence-electron chi connectivity index (χ3n) is 5.55. The van der Waals surface area contributed by atoms with E-state index in [9.17, 15) is 9.59 Å². The number of rotatable bonds is 2. The second-order valence-corrected chi connectivity index (χ2v) is 7.74. The van der Waals surface area contributed by atoms with Gasteiger partial charge >= 0.3 is 0 Å². The second-order valence-electron chi connectivity index (χ2n) is 7.31. The van der Waals surface area contributed by atoms with Crippen molar-refractivity contribution in [1.82, 2.24) is 15.1 Å². The number of hydrogen-bond acceptors (Lipinski definition) is 4. The first-order valence-corrected chi connectivity index (χ1v) is 9.70. The highest BCUT2D eigenvalue weighted by Gasteiger charge is 2.35. The molecule has 0 aromatic heterocycles. The van der Waals surface area contributed by atoms with Crippen LogP contribution in [-0.2, 0) is 16.0 Å². The molecule has 0 saturated carbocycles. The fraction of sp³-hybridized carbons (Fsp3) is 0.579. The number of nitrogens with zero attached hydrogens (tertiary/aromatic N) is 2. The number of likely N-dealkylation sites (tertiary alicyclic amines) is 1. The summed E-state index contributed by atoms with van der Waals surface area (Å²) < 4.78 is 5.78. The van der Waals surface area contributed by atoms with Crippen LogP contribution >= 0.6 is 24.0 Å². The molecular formula is C19H25Cl2N3O3. The molecular weight excluding hydrogens is 389 g/mol. The summed E-state index contributed by atoms with van der Waals surface area (Å²) in [6.07, 6.45) is 2.56. The van der Waals surface area contributed by atoms with Gasteiger partial charge in [-0.2, -0.15) is 0 Å². The van der Waals surface area contributed by atoms with Crippen LogP contribution in [0.15, 0.2) is 18.2 Å². The molecule has 1 aromatic carbocycles. The van der Waals surface area contributed by atoms with Crippen molar-refractivity contribution in [3.63, 3.8) is 0 Å². The van der Waals surface area contributed by atoms with Gasteiger partial charge in [-0.25, -0.2) is 0 Å². The highest BCUT2D eigenvalue weighted by Crippen LogP contribution is 2.31. The van der Waals surface area contributed by atoms with E-state index in [1.807, 2.05) is 28.0 Å². The molecule has 0 radical (unpaired) electrons. The van der Waals surface area contributed by atoms with Crippen LogP contribution in [0.5, 0.6) is 5.75 Å². The summed E-state index contributed by atoms with van der Waals surface area (Å²) in [5, 5.41) is 3.77. The average molecular weight is 414 g/mol. The SMILES string of the molecule is Cl.O=C(C1COc2ccc(Cl)cc2C1)N1CCCC(N2CCNCC2=O)C1. The lowest BCUT2D eigenvalue weighted by Crippen LogP contribution is -2.58. The largest absolute Gasteiger partial charge is 0.492 e. The molecule has 8 heteroatoms. The third-order valence-corrected chi connectivity index (χ3v) is 5.79. The molecule has 2 fully saturated rings. The van der Waals surface area contributed by atoms with Gasteiger partial charge < -0.3 is 19.9 Å². The molecule has 2 atom stereocenters. The molecule has 6 nitrogen and oxygen atoms in total. The van der Waals surface area contributed by atoms with Crippen molar-refractivity contribution in [2.24, 2.45) is 5.92 Å². The van der Waals surface area contributed by atoms with Crippen LogP contribution < -0.4 is 10.1 Å². The Balaban J connectivity index is 0.00000210. The Morgan fingerprint density at radius 3 is 2.96 bits per heavy atom. The standard InChI is InChI=1S/C19H24ClN3O3.ClH/c20-15-3-4-17-13(9-15)8-14(12-26-17)19(25)22-6-1-2-16(11-22)23-7-5-21-10-18(23)24;/h3-4,9,14,16,21H,1-2,5-8,10-12H2;1H. The number of nitrogens with one attached hydrogen (secondary N) is 1. The van der Waals surface area contributed by atoms with Gasteiger partial charge in [0.05, 0.1) is 12.5 Å². The van der Waals surface area contributed by atoms with Crippen LogP contribution in [0.25, 0.3) is 0 Å². The Morgan fingerprint density at radius 1 is 1.30 bits per heavy atom. The summed E-state index contributed by atoms with van der Waals surface area (Å²) in [5.74, 6) is 0.905. The van der Waals surface area contributed by atoms with Crippen LogP contribution in [0.2, 0.25) is 5.02 Å². The molecule has 1 aromatic rings. The minimum atomic E-state index is -0.182. The predicted molar refractivity (Wildman–Crippen MR) is 106 cm³/mol. The van der Waals surface area contributed by atoms with Gasteiger partial charge in [0.15, 0.2) is 0 Å². The van der Waals surface area contributed by atoms with E-state index in [-0.39, 0.29) is 36.2 Å². The third kappa shape index (κ3) is 4.33. The number of piperazine rings is 1. The van der Waals surface area contributed by atoms with Crippen molar-refractivity contribution in [2.45, 2.75) is 25.3 Å². The fourth-order valence-corrected chi connectivity index (χ4v) is 4.39. The van der Waals surface area contributed by atoms with E-state index in [4.69, 9.17) is 16.3 Å². The smallest absolute Gasteiger partial charge is 0.236 e. The summed E-state index contributed by atoms with van der Waals surface area (Å²) in [5.41, 5.74) is 0.993. The van der Waals surface area contributed by atoms with Gasteiger partial charge in [-0.3, -0.25) is 9.59 Å². The first-order valence-electron chi connectivity index (χ1n) is 9.32. The summed E-state index contributed by atoms with van der Waals surface area (Å²) in [7, 11) is 0. The molecule has 27 heavy (non-hydrogen) atoms. The number of hydrogen-bond donors (Lipinski definition) is 1. The minimum Gasteiger partial charge on any atom is -0.492 e. The number of fused-ring (bicyclic) bond motifs is 1. The maximum absolute atomic E-state index is 13.1. The van der Waals surface area contributed by atoms with Crippen molar-refractivity contribution in [3.05, 3.63) is 28.8 Å². The highest BCUT2D eigenvalue weighted by molar-refractivity contribution is 6.30. The van der Waals surface area contributed by atoms with Gasteiger partial charge in [0.2, 0.25) is 11.8 Å². The molecule has 3 aliphatic heterocycles. The average Bonchev–Trinajstić information content (AvgIpc) is 2.67. The Hall–Kier alpha value is -1.50. The molecule has 2 saturated heterocycles. The van der Waals surface area contributed by atoms with Crippen molar-refractivity contribution in [2.75, 3.05) is 39.3 Å². The Bertz CT molecular complexity index is 715. The molecule has 148 valence electrons. The topological polar surface area (TPSA) is 61.9 Å². The van der Waals surface area contributed by atoms with Gasteiger partial charge in [0.1, 0.15) is 12.4 Å². The van der Waals surface area contributed by atoms with E-state index in [0.29, 0.717) is 31.1 Å². The lowest BCUT2D eigenvalue weighted by atomic mass is 9.94. The zero-order chi connectivity index (χ0) is 18.1. The first kappa shape index (κ1) is 20.2. The lowest BCUT2D eigenvalue weighted by molar-refractivity contribution is -0.143. The van der Waals surface area contributed by atoms with E-state index in [0.717, 1.165) is 43.8 Å². The maximum atomic E-state index is 13.1. The van der Waals surface area contributed by atoms with Gasteiger partial charge in [-0.05, 0) is 43.0 Å². The van der Waals surface area contributed by atoms with Crippen LogP contribution in [-0.4, -0.2) is 67.0 Å². The predicted octanol–water partition coefficient (Wildman–Crippen LogP) is 1.74. The van der Waals surface area contributed by atoms with E-state index < -0.39 is 0 Å². The lowest BCUT2D eigenvalue weighted by Gasteiger charge is -2.42. The molecule has 3 aliphatic rings. The number of halogens is 2. The summed E-state index contributed by atoms with van der Waals surface area (Å²) in [4.78, 5) is 29.1. The van der Waals surface area contributed by atoms with E-state index in [1.165, 1.54) is 0 Å². The van der Waals surface area contributed by atoms with Crippen molar-refractivity contribution in [1.29, 1.82) is 0 Å². The monoisotopic (exact) mass is 413 g/mol. The zero-order valence-corrected chi connectivity index (χ0v) is 16.7. The number of ether oxygens (including phenoxy) is 1. The van der Waals surface area contributed by atoms with E-state index >= 15 is 0 Å². The first-order chi connectivity index (χ1) is 12.6. The molecule has 0 aliphatic carbocycles. The summed E-state index contributed by atoms with van der Waals surface area (Å²) in [6.45, 7) is 3.74. The number of amides is 2. The second kappa shape index (κ2) is 8.67. The van der Waals surface area contributed by atoms with Crippen LogP contribution in [0.1, 0.15) is 18.4 Å².